The fraction of sp³-hybridized carbons (Fsp3) is 0.200. The van der Waals surface area contributed by atoms with Crippen LogP contribution in [0, 0.1) is 6.92 Å². The normalized spacial score (nSPS) is 13.3. The van der Waals surface area contributed by atoms with Gasteiger partial charge >= 0.3 is 0 Å². The Morgan fingerprint density at radius 1 is 1.03 bits per heavy atom. The zero-order valence-corrected chi connectivity index (χ0v) is 19.3. The first-order valence-corrected chi connectivity index (χ1v) is 12.3. The van der Waals surface area contributed by atoms with E-state index in [9.17, 15) is 13.2 Å². The molecule has 0 saturated carbocycles. The highest BCUT2D eigenvalue weighted by atomic mass is 32.2. The number of H-pyrrole nitrogens is 1. The molecule has 0 fully saturated rings. The van der Waals surface area contributed by atoms with Crippen LogP contribution in [-0.2, 0) is 22.9 Å². The lowest BCUT2D eigenvalue weighted by atomic mass is 10.1. The van der Waals surface area contributed by atoms with Gasteiger partial charge in [0, 0.05) is 23.9 Å². The van der Waals surface area contributed by atoms with Crippen LogP contribution < -0.4 is 9.86 Å². The Labute approximate surface area is 192 Å². The molecule has 33 heavy (non-hydrogen) atoms. The van der Waals surface area contributed by atoms with E-state index >= 15 is 0 Å². The summed E-state index contributed by atoms with van der Waals surface area (Å²) in [6.45, 7) is 4.11. The van der Waals surface area contributed by atoms with Crippen molar-refractivity contribution in [3.8, 4) is 16.9 Å². The van der Waals surface area contributed by atoms with Crippen molar-refractivity contribution in [1.82, 2.24) is 14.8 Å². The third-order valence-electron chi connectivity index (χ3n) is 6.06. The molecule has 0 radical (unpaired) electrons. The first-order valence-electron chi connectivity index (χ1n) is 10.9. The molecular weight excluding hydrogens is 436 g/mol. The Bertz CT molecular complexity index is 1480. The highest BCUT2D eigenvalue weighted by Crippen LogP contribution is 2.35. The van der Waals surface area contributed by atoms with Crippen LogP contribution in [0.25, 0.3) is 16.9 Å². The zero-order chi connectivity index (χ0) is 23.2. The summed E-state index contributed by atoms with van der Waals surface area (Å²) in [6.07, 6.45) is 2.76. The van der Waals surface area contributed by atoms with Gasteiger partial charge in [0.2, 0.25) is 0 Å². The van der Waals surface area contributed by atoms with Gasteiger partial charge in [-0.3, -0.25) is 9.89 Å². The number of hydrogen-bond acceptors (Lipinski definition) is 4. The second kappa shape index (κ2) is 8.04. The maximum atomic E-state index is 13.5. The lowest BCUT2D eigenvalue weighted by Gasteiger charge is -2.23. The lowest BCUT2D eigenvalue weighted by Crippen LogP contribution is -2.34. The van der Waals surface area contributed by atoms with Gasteiger partial charge in [-0.25, -0.2) is 22.4 Å². The number of nitrogens with one attached hydrogen (secondary N) is 1. The van der Waals surface area contributed by atoms with Crippen molar-refractivity contribution in [2.24, 2.45) is 0 Å². The molecule has 1 N–H and O–H groups in total. The van der Waals surface area contributed by atoms with Gasteiger partial charge in [-0.1, -0.05) is 36.8 Å². The quantitative estimate of drug-likeness (QED) is 0.501. The minimum Gasteiger partial charge on any atom is -0.290 e. The average molecular weight is 461 g/mol. The first-order chi connectivity index (χ1) is 15.9. The van der Waals surface area contributed by atoms with Gasteiger partial charge in [-0.05, 0) is 61.7 Å². The lowest BCUT2D eigenvalue weighted by molar-refractivity contribution is 0.590. The van der Waals surface area contributed by atoms with E-state index in [0.29, 0.717) is 22.6 Å². The van der Waals surface area contributed by atoms with Crippen molar-refractivity contribution < 1.29 is 8.42 Å². The molecular formula is C25H24N4O3S. The number of fused-ring (bicyclic) bond motifs is 3. The molecule has 2 aromatic carbocycles. The van der Waals surface area contributed by atoms with E-state index in [0.717, 1.165) is 17.7 Å². The van der Waals surface area contributed by atoms with Crippen LogP contribution in [0.5, 0.6) is 0 Å². The molecule has 0 aliphatic carbocycles. The van der Waals surface area contributed by atoms with Crippen LogP contribution >= 0.6 is 0 Å². The summed E-state index contributed by atoms with van der Waals surface area (Å²) in [5, 5.41) is 3.21. The third kappa shape index (κ3) is 3.56. The average Bonchev–Trinajstić information content (AvgIpc) is 3.05. The minimum absolute atomic E-state index is 0.120. The molecule has 7 nitrogen and oxygen atoms in total. The molecule has 5 rings (SSSR count). The minimum atomic E-state index is -3.85. The number of benzene rings is 2. The molecule has 0 saturated heterocycles. The van der Waals surface area contributed by atoms with Crippen molar-refractivity contribution in [1.29, 1.82) is 0 Å². The Morgan fingerprint density at radius 3 is 2.45 bits per heavy atom. The number of sulfonamides is 1. The zero-order valence-electron chi connectivity index (χ0n) is 18.4. The summed E-state index contributed by atoms with van der Waals surface area (Å²) in [4.78, 5) is 18.0. The van der Waals surface area contributed by atoms with E-state index in [1.54, 1.807) is 42.6 Å². The van der Waals surface area contributed by atoms with E-state index in [2.05, 4.69) is 17.0 Å². The molecule has 4 aromatic rings. The molecule has 0 atom stereocenters. The van der Waals surface area contributed by atoms with E-state index < -0.39 is 10.0 Å². The van der Waals surface area contributed by atoms with Gasteiger partial charge in [0.05, 0.1) is 16.3 Å². The molecule has 0 spiro atoms. The van der Waals surface area contributed by atoms with E-state index in [-0.39, 0.29) is 23.4 Å². The summed E-state index contributed by atoms with van der Waals surface area (Å²) in [7, 11) is -3.85. The van der Waals surface area contributed by atoms with Crippen LogP contribution in [0.2, 0.25) is 0 Å². The van der Waals surface area contributed by atoms with Gasteiger partial charge in [-0.2, -0.15) is 0 Å². The number of aromatic amines is 1. The van der Waals surface area contributed by atoms with E-state index in [1.165, 1.54) is 14.6 Å². The molecule has 1 aliphatic rings. The number of aromatic nitrogens is 3. The Kier molecular flexibility index (Phi) is 5.17. The van der Waals surface area contributed by atoms with Gasteiger partial charge in [0.1, 0.15) is 0 Å². The van der Waals surface area contributed by atoms with Gasteiger partial charge in [-0.15, -0.1) is 0 Å². The maximum Gasteiger partial charge on any atom is 0.275 e. The fourth-order valence-electron chi connectivity index (χ4n) is 4.17. The molecule has 0 bridgehead atoms. The highest BCUT2D eigenvalue weighted by Gasteiger charge is 2.33. The number of pyridine rings is 1. The van der Waals surface area contributed by atoms with E-state index in [4.69, 9.17) is 0 Å². The van der Waals surface area contributed by atoms with Crippen LogP contribution in [0.4, 0.5) is 5.82 Å². The summed E-state index contributed by atoms with van der Waals surface area (Å²) >= 11 is 0. The van der Waals surface area contributed by atoms with E-state index in [1.807, 2.05) is 31.2 Å². The summed E-state index contributed by atoms with van der Waals surface area (Å²) in [6, 6.07) is 18.1. The molecule has 0 unspecified atom stereocenters. The number of hydrogen-bond donors (Lipinski definition) is 1. The Balaban J connectivity index is 1.63. The van der Waals surface area contributed by atoms with Crippen molar-refractivity contribution in [3.05, 3.63) is 93.9 Å². The Morgan fingerprint density at radius 2 is 1.76 bits per heavy atom. The van der Waals surface area contributed by atoms with Crippen molar-refractivity contribution in [3.63, 3.8) is 0 Å². The third-order valence-corrected chi connectivity index (χ3v) is 7.86. The second-order valence-electron chi connectivity index (χ2n) is 8.14. The second-order valence-corrected chi connectivity index (χ2v) is 10.0. The van der Waals surface area contributed by atoms with Crippen molar-refractivity contribution >= 4 is 15.8 Å². The molecule has 2 aromatic heterocycles. The van der Waals surface area contributed by atoms with Crippen molar-refractivity contribution in [2.45, 2.75) is 31.6 Å². The monoisotopic (exact) mass is 460 g/mol. The van der Waals surface area contributed by atoms with Crippen LogP contribution in [-0.4, -0.2) is 29.7 Å². The number of anilines is 1. The summed E-state index contributed by atoms with van der Waals surface area (Å²) in [5.74, 6) is 0.312. The molecule has 1 aliphatic heterocycles. The highest BCUT2D eigenvalue weighted by molar-refractivity contribution is 7.92. The van der Waals surface area contributed by atoms with Crippen LogP contribution in [0.3, 0.4) is 0 Å². The van der Waals surface area contributed by atoms with Crippen LogP contribution in [0.15, 0.2) is 76.6 Å². The fourth-order valence-corrected chi connectivity index (χ4v) is 5.61. The Hall–Kier alpha value is -3.65. The predicted octanol–water partition coefficient (Wildman–Crippen LogP) is 3.85. The number of nitrogens with zero attached hydrogens (tertiary/aromatic N) is 3. The molecule has 0 amide bonds. The predicted molar refractivity (Wildman–Crippen MR) is 128 cm³/mol. The molecule has 3 heterocycles. The van der Waals surface area contributed by atoms with Crippen molar-refractivity contribution in [2.75, 3.05) is 10.8 Å². The van der Waals surface area contributed by atoms with Crippen LogP contribution in [0.1, 0.15) is 23.6 Å². The largest absolute Gasteiger partial charge is 0.290 e. The number of aryl methyl sites for hydroxylation is 2. The maximum absolute atomic E-state index is 13.5. The topological polar surface area (TPSA) is 88.1 Å². The molecule has 8 heteroatoms. The van der Waals surface area contributed by atoms with Gasteiger partial charge in [0.25, 0.3) is 15.6 Å². The standard InChI is InChI=1S/C25H24N4O3S/c1-3-18-8-10-19(11-9-18)29-25(30)22-14-16-28(24-21(23(22)27-29)5-4-15-26-24)33(31,32)20-12-6-17(2)7-13-20/h4-13,15,27H,3,14,16H2,1-2H3. The smallest absolute Gasteiger partial charge is 0.275 e. The van der Waals surface area contributed by atoms with Gasteiger partial charge in [0.15, 0.2) is 5.82 Å². The first kappa shape index (κ1) is 21.2. The molecule has 168 valence electrons. The SMILES string of the molecule is CCc1ccc(-n2[nH]c3c(c2=O)CCN(S(=O)(=O)c2ccc(C)cc2)c2ncccc2-3)cc1. The number of rotatable bonds is 4. The summed E-state index contributed by atoms with van der Waals surface area (Å²) < 4.78 is 29.9. The summed E-state index contributed by atoms with van der Waals surface area (Å²) in [5.41, 5.74) is 4.45. The van der Waals surface area contributed by atoms with Gasteiger partial charge < -0.3 is 0 Å².